The molecule has 0 fully saturated rings. The number of methoxy groups -OCH3 is 1. The van der Waals surface area contributed by atoms with E-state index in [1.54, 1.807) is 14.2 Å². The third kappa shape index (κ3) is 4.12. The average Bonchev–Trinajstić information content (AvgIpc) is 2.23. The van der Waals surface area contributed by atoms with Crippen LogP contribution in [0.25, 0.3) is 0 Å². The number of halogens is 2. The first kappa shape index (κ1) is 12.9. The van der Waals surface area contributed by atoms with Crippen molar-refractivity contribution >= 4 is 0 Å². The fourth-order valence-electron chi connectivity index (χ4n) is 1.22. The lowest BCUT2D eigenvalue weighted by Gasteiger charge is -2.16. The van der Waals surface area contributed by atoms with Gasteiger partial charge in [0.05, 0.1) is 12.6 Å². The standard InChI is InChI=1S/C11H15F2NO2/c1-14-10(6-15-2)7-16-11-4-8(12)3-9(13)5-11/h3-5,10,14H,6-7H2,1-2H3. The molecule has 0 aliphatic carbocycles. The average molecular weight is 231 g/mol. The Labute approximate surface area is 93.4 Å². The van der Waals surface area contributed by atoms with Gasteiger partial charge in [-0.25, -0.2) is 8.78 Å². The maximum Gasteiger partial charge on any atom is 0.129 e. The molecule has 1 aromatic carbocycles. The smallest absolute Gasteiger partial charge is 0.129 e. The van der Waals surface area contributed by atoms with Gasteiger partial charge in [0.25, 0.3) is 0 Å². The zero-order chi connectivity index (χ0) is 12.0. The summed E-state index contributed by atoms with van der Waals surface area (Å²) in [5, 5.41) is 2.96. The Morgan fingerprint density at radius 3 is 2.31 bits per heavy atom. The summed E-state index contributed by atoms with van der Waals surface area (Å²) in [5.41, 5.74) is 0. The highest BCUT2D eigenvalue weighted by atomic mass is 19.1. The molecule has 0 saturated carbocycles. The predicted molar refractivity (Wildman–Crippen MR) is 56.6 cm³/mol. The van der Waals surface area contributed by atoms with Crippen LogP contribution in [0.1, 0.15) is 0 Å². The van der Waals surface area contributed by atoms with Gasteiger partial charge in [0.1, 0.15) is 24.0 Å². The molecule has 1 aromatic rings. The SMILES string of the molecule is CNC(COC)COc1cc(F)cc(F)c1. The Morgan fingerprint density at radius 1 is 1.19 bits per heavy atom. The lowest BCUT2D eigenvalue weighted by atomic mass is 10.3. The van der Waals surface area contributed by atoms with E-state index in [1.807, 2.05) is 0 Å². The van der Waals surface area contributed by atoms with Crippen LogP contribution in [0.2, 0.25) is 0 Å². The molecule has 1 atom stereocenters. The van der Waals surface area contributed by atoms with Crippen molar-refractivity contribution in [3.8, 4) is 5.75 Å². The molecular formula is C11H15F2NO2. The van der Waals surface area contributed by atoms with Gasteiger partial charge >= 0.3 is 0 Å². The van der Waals surface area contributed by atoms with Gasteiger partial charge < -0.3 is 14.8 Å². The van der Waals surface area contributed by atoms with Crippen molar-refractivity contribution < 1.29 is 18.3 Å². The number of rotatable bonds is 6. The van der Waals surface area contributed by atoms with E-state index < -0.39 is 11.6 Å². The lowest BCUT2D eigenvalue weighted by Crippen LogP contribution is -2.35. The highest BCUT2D eigenvalue weighted by Crippen LogP contribution is 2.15. The largest absolute Gasteiger partial charge is 0.492 e. The summed E-state index contributed by atoms with van der Waals surface area (Å²) in [6.45, 7) is 0.752. The predicted octanol–water partition coefficient (Wildman–Crippen LogP) is 1.58. The van der Waals surface area contributed by atoms with Gasteiger partial charge in [-0.15, -0.1) is 0 Å². The number of nitrogens with one attached hydrogen (secondary N) is 1. The Morgan fingerprint density at radius 2 is 1.81 bits per heavy atom. The van der Waals surface area contributed by atoms with Crippen molar-refractivity contribution in [2.24, 2.45) is 0 Å². The van der Waals surface area contributed by atoms with Crippen LogP contribution in [0.5, 0.6) is 5.75 Å². The quantitative estimate of drug-likeness (QED) is 0.806. The molecule has 0 aliphatic rings. The molecule has 1 rings (SSSR count). The van der Waals surface area contributed by atoms with Crippen LogP contribution in [-0.4, -0.2) is 33.4 Å². The Hall–Kier alpha value is -1.20. The van der Waals surface area contributed by atoms with Crippen LogP contribution in [0, 0.1) is 11.6 Å². The second-order valence-electron chi connectivity index (χ2n) is 3.36. The van der Waals surface area contributed by atoms with Crippen molar-refractivity contribution in [1.29, 1.82) is 0 Å². The van der Waals surface area contributed by atoms with E-state index >= 15 is 0 Å². The van der Waals surface area contributed by atoms with E-state index in [2.05, 4.69) is 5.32 Å². The molecule has 90 valence electrons. The highest BCUT2D eigenvalue weighted by Gasteiger charge is 2.07. The van der Waals surface area contributed by atoms with Crippen molar-refractivity contribution in [3.05, 3.63) is 29.8 Å². The van der Waals surface area contributed by atoms with Crippen LogP contribution in [0.15, 0.2) is 18.2 Å². The molecule has 0 heterocycles. The second-order valence-corrected chi connectivity index (χ2v) is 3.36. The van der Waals surface area contributed by atoms with Gasteiger partial charge in [0, 0.05) is 25.3 Å². The summed E-state index contributed by atoms with van der Waals surface area (Å²) in [7, 11) is 3.34. The molecule has 1 N–H and O–H groups in total. The fraction of sp³-hybridized carbons (Fsp3) is 0.455. The van der Waals surface area contributed by atoms with Crippen LogP contribution in [0.3, 0.4) is 0 Å². The monoisotopic (exact) mass is 231 g/mol. The van der Waals surface area contributed by atoms with Crippen LogP contribution in [0.4, 0.5) is 8.78 Å². The summed E-state index contributed by atoms with van der Waals surface area (Å²) in [5.74, 6) is -1.13. The molecule has 1 unspecified atom stereocenters. The topological polar surface area (TPSA) is 30.5 Å². The second kappa shape index (κ2) is 6.40. The van der Waals surface area contributed by atoms with E-state index in [-0.39, 0.29) is 18.4 Å². The maximum atomic E-state index is 12.8. The molecule has 0 bridgehead atoms. The number of benzene rings is 1. The Bertz CT molecular complexity index is 314. The minimum absolute atomic E-state index is 0.0173. The molecule has 0 aromatic heterocycles. The summed E-state index contributed by atoms with van der Waals surface area (Å²) in [6, 6.07) is 3.07. The van der Waals surface area contributed by atoms with E-state index in [4.69, 9.17) is 9.47 Å². The summed E-state index contributed by atoms with van der Waals surface area (Å²) in [4.78, 5) is 0. The zero-order valence-electron chi connectivity index (χ0n) is 9.30. The van der Waals surface area contributed by atoms with E-state index in [9.17, 15) is 8.78 Å². The van der Waals surface area contributed by atoms with Crippen molar-refractivity contribution in [2.75, 3.05) is 27.4 Å². The third-order valence-corrected chi connectivity index (χ3v) is 2.06. The molecule has 0 radical (unpaired) electrons. The number of hydrogen-bond acceptors (Lipinski definition) is 3. The van der Waals surface area contributed by atoms with E-state index in [0.29, 0.717) is 6.61 Å². The van der Waals surface area contributed by atoms with Crippen LogP contribution < -0.4 is 10.1 Å². The summed E-state index contributed by atoms with van der Waals surface area (Å²) in [6.07, 6.45) is 0. The Balaban J connectivity index is 2.52. The normalized spacial score (nSPS) is 12.5. The summed E-state index contributed by atoms with van der Waals surface area (Å²) < 4.78 is 35.8. The van der Waals surface area contributed by atoms with Gasteiger partial charge in [-0.3, -0.25) is 0 Å². The number of hydrogen-bond donors (Lipinski definition) is 1. The fourth-order valence-corrected chi connectivity index (χ4v) is 1.22. The number of ether oxygens (including phenoxy) is 2. The number of likely N-dealkylation sites (N-methyl/N-ethyl adjacent to an activating group) is 1. The van der Waals surface area contributed by atoms with Crippen LogP contribution in [-0.2, 0) is 4.74 Å². The molecule has 0 amide bonds. The molecule has 0 aliphatic heterocycles. The summed E-state index contributed by atoms with van der Waals surface area (Å²) >= 11 is 0. The first-order valence-corrected chi connectivity index (χ1v) is 4.90. The first-order chi connectivity index (χ1) is 7.65. The Kier molecular flexibility index (Phi) is 5.14. The van der Waals surface area contributed by atoms with E-state index in [0.717, 1.165) is 18.2 Å². The molecule has 0 spiro atoms. The van der Waals surface area contributed by atoms with Gasteiger partial charge in [-0.1, -0.05) is 0 Å². The molecule has 16 heavy (non-hydrogen) atoms. The van der Waals surface area contributed by atoms with Crippen molar-refractivity contribution in [1.82, 2.24) is 5.32 Å². The van der Waals surface area contributed by atoms with Gasteiger partial charge in [-0.2, -0.15) is 0 Å². The lowest BCUT2D eigenvalue weighted by molar-refractivity contribution is 0.139. The minimum Gasteiger partial charge on any atom is -0.492 e. The maximum absolute atomic E-state index is 12.8. The molecule has 0 saturated heterocycles. The molecule has 5 heteroatoms. The van der Waals surface area contributed by atoms with Crippen LogP contribution >= 0.6 is 0 Å². The van der Waals surface area contributed by atoms with Gasteiger partial charge in [0.2, 0.25) is 0 Å². The van der Waals surface area contributed by atoms with Gasteiger partial charge in [-0.05, 0) is 7.05 Å². The zero-order valence-corrected chi connectivity index (χ0v) is 9.30. The van der Waals surface area contributed by atoms with Crippen molar-refractivity contribution in [2.45, 2.75) is 6.04 Å². The van der Waals surface area contributed by atoms with Crippen molar-refractivity contribution in [3.63, 3.8) is 0 Å². The third-order valence-electron chi connectivity index (χ3n) is 2.06. The van der Waals surface area contributed by atoms with E-state index in [1.165, 1.54) is 0 Å². The van der Waals surface area contributed by atoms with Gasteiger partial charge in [0.15, 0.2) is 0 Å². The minimum atomic E-state index is -0.650. The molecule has 3 nitrogen and oxygen atoms in total. The molecular weight excluding hydrogens is 216 g/mol. The highest BCUT2D eigenvalue weighted by molar-refractivity contribution is 5.23. The first-order valence-electron chi connectivity index (χ1n) is 4.90.